The zero-order valence-corrected chi connectivity index (χ0v) is 12.8. The molecule has 1 atom stereocenters. The van der Waals surface area contributed by atoms with Crippen LogP contribution < -0.4 is 5.32 Å². The predicted octanol–water partition coefficient (Wildman–Crippen LogP) is 3.29. The van der Waals surface area contributed by atoms with Gasteiger partial charge in [-0.05, 0) is 42.0 Å². The van der Waals surface area contributed by atoms with Gasteiger partial charge in [0.25, 0.3) is 5.91 Å². The van der Waals surface area contributed by atoms with E-state index in [1.54, 1.807) is 7.11 Å². The maximum absolute atomic E-state index is 12.5. The van der Waals surface area contributed by atoms with Crippen molar-refractivity contribution in [1.82, 2.24) is 5.32 Å². The van der Waals surface area contributed by atoms with Crippen LogP contribution in [0.2, 0.25) is 0 Å². The summed E-state index contributed by atoms with van der Waals surface area (Å²) in [6.07, 6.45) is 3.11. The topological polar surface area (TPSA) is 38.3 Å². The van der Waals surface area contributed by atoms with Crippen molar-refractivity contribution in [3.8, 4) is 0 Å². The van der Waals surface area contributed by atoms with Crippen LogP contribution in [0.3, 0.4) is 0 Å². The lowest BCUT2D eigenvalue weighted by atomic mass is 10.0. The SMILES string of the molecule is COC(CNC(=O)c1cccc2c1CCC2)c1ccccc1. The Labute approximate surface area is 131 Å². The maximum Gasteiger partial charge on any atom is 0.251 e. The highest BCUT2D eigenvalue weighted by atomic mass is 16.5. The Morgan fingerprint density at radius 3 is 2.73 bits per heavy atom. The second-order valence-electron chi connectivity index (χ2n) is 5.64. The summed E-state index contributed by atoms with van der Waals surface area (Å²) >= 11 is 0. The molecule has 1 aliphatic rings. The van der Waals surface area contributed by atoms with E-state index in [2.05, 4.69) is 11.4 Å². The fourth-order valence-corrected chi connectivity index (χ4v) is 3.12. The van der Waals surface area contributed by atoms with Gasteiger partial charge in [-0.1, -0.05) is 42.5 Å². The summed E-state index contributed by atoms with van der Waals surface area (Å²) in [5.41, 5.74) is 4.43. The molecule has 0 bridgehead atoms. The van der Waals surface area contributed by atoms with Gasteiger partial charge in [0.15, 0.2) is 0 Å². The van der Waals surface area contributed by atoms with E-state index in [4.69, 9.17) is 4.74 Å². The molecule has 3 heteroatoms. The Balaban J connectivity index is 1.69. The van der Waals surface area contributed by atoms with Crippen molar-refractivity contribution in [2.75, 3.05) is 13.7 Å². The van der Waals surface area contributed by atoms with Crippen LogP contribution in [0.25, 0.3) is 0 Å². The number of fused-ring (bicyclic) bond motifs is 1. The quantitative estimate of drug-likeness (QED) is 0.919. The van der Waals surface area contributed by atoms with Gasteiger partial charge in [0.2, 0.25) is 0 Å². The molecule has 0 saturated carbocycles. The first-order valence-electron chi connectivity index (χ1n) is 7.76. The van der Waals surface area contributed by atoms with Gasteiger partial charge >= 0.3 is 0 Å². The number of amides is 1. The Bertz CT molecular complexity index is 652. The van der Waals surface area contributed by atoms with E-state index in [-0.39, 0.29) is 12.0 Å². The summed E-state index contributed by atoms with van der Waals surface area (Å²) in [5.74, 6) is -0.00303. The van der Waals surface area contributed by atoms with Crippen LogP contribution in [-0.2, 0) is 17.6 Å². The van der Waals surface area contributed by atoms with Gasteiger partial charge in [0, 0.05) is 19.2 Å². The number of hydrogen-bond acceptors (Lipinski definition) is 2. The van der Waals surface area contributed by atoms with Crippen LogP contribution in [0.5, 0.6) is 0 Å². The Morgan fingerprint density at radius 1 is 1.14 bits per heavy atom. The van der Waals surface area contributed by atoms with Crippen LogP contribution >= 0.6 is 0 Å². The normalized spacial score (nSPS) is 14.4. The first-order valence-corrected chi connectivity index (χ1v) is 7.76. The lowest BCUT2D eigenvalue weighted by molar-refractivity contribution is 0.0827. The molecule has 1 amide bonds. The highest BCUT2D eigenvalue weighted by Gasteiger charge is 2.19. The molecule has 2 aromatic rings. The fraction of sp³-hybridized carbons (Fsp3) is 0.316. The van der Waals surface area contributed by atoms with Gasteiger partial charge in [-0.15, -0.1) is 0 Å². The third-order valence-corrected chi connectivity index (χ3v) is 4.29. The van der Waals surface area contributed by atoms with Crippen LogP contribution in [0.1, 0.15) is 39.6 Å². The van der Waals surface area contributed by atoms with Crippen molar-refractivity contribution < 1.29 is 9.53 Å². The molecule has 3 nitrogen and oxygen atoms in total. The Morgan fingerprint density at radius 2 is 1.95 bits per heavy atom. The lowest BCUT2D eigenvalue weighted by Crippen LogP contribution is -2.29. The lowest BCUT2D eigenvalue weighted by Gasteiger charge is -2.17. The molecule has 0 aliphatic heterocycles. The van der Waals surface area contributed by atoms with E-state index in [0.29, 0.717) is 6.54 Å². The number of ether oxygens (including phenoxy) is 1. The number of aryl methyl sites for hydroxylation is 1. The summed E-state index contributed by atoms with van der Waals surface area (Å²) in [6.45, 7) is 0.475. The molecular formula is C19H21NO2. The number of carbonyl (C=O) groups excluding carboxylic acids is 1. The van der Waals surface area contributed by atoms with E-state index in [9.17, 15) is 4.79 Å². The van der Waals surface area contributed by atoms with Gasteiger partial charge in [-0.25, -0.2) is 0 Å². The molecule has 114 valence electrons. The van der Waals surface area contributed by atoms with Crippen molar-refractivity contribution in [1.29, 1.82) is 0 Å². The molecule has 2 aromatic carbocycles. The van der Waals surface area contributed by atoms with Gasteiger partial charge < -0.3 is 10.1 Å². The predicted molar refractivity (Wildman–Crippen MR) is 87.0 cm³/mol. The highest BCUT2D eigenvalue weighted by molar-refractivity contribution is 5.96. The summed E-state index contributed by atoms with van der Waals surface area (Å²) in [5, 5.41) is 3.01. The molecule has 0 spiro atoms. The number of carbonyl (C=O) groups is 1. The molecule has 3 rings (SSSR count). The van der Waals surface area contributed by atoms with E-state index in [0.717, 1.165) is 30.4 Å². The van der Waals surface area contributed by atoms with E-state index < -0.39 is 0 Å². The van der Waals surface area contributed by atoms with E-state index >= 15 is 0 Å². The van der Waals surface area contributed by atoms with Crippen LogP contribution in [-0.4, -0.2) is 19.6 Å². The largest absolute Gasteiger partial charge is 0.375 e. The zero-order chi connectivity index (χ0) is 15.4. The van der Waals surface area contributed by atoms with Crippen LogP contribution in [0.4, 0.5) is 0 Å². The average Bonchev–Trinajstić information content (AvgIpc) is 3.04. The molecule has 1 N–H and O–H groups in total. The summed E-state index contributed by atoms with van der Waals surface area (Å²) in [4.78, 5) is 12.5. The van der Waals surface area contributed by atoms with Gasteiger partial charge in [-0.2, -0.15) is 0 Å². The number of nitrogens with one attached hydrogen (secondary N) is 1. The standard InChI is InChI=1S/C19H21NO2/c1-22-18(15-7-3-2-4-8-15)13-20-19(21)17-12-6-10-14-9-5-11-16(14)17/h2-4,6-8,10,12,18H,5,9,11,13H2,1H3,(H,20,21). The monoisotopic (exact) mass is 295 g/mol. The molecule has 22 heavy (non-hydrogen) atoms. The maximum atomic E-state index is 12.5. The molecule has 1 aliphatic carbocycles. The van der Waals surface area contributed by atoms with E-state index in [1.165, 1.54) is 11.1 Å². The number of hydrogen-bond donors (Lipinski definition) is 1. The minimum Gasteiger partial charge on any atom is -0.375 e. The average molecular weight is 295 g/mol. The number of benzene rings is 2. The minimum atomic E-state index is -0.123. The first-order chi connectivity index (χ1) is 10.8. The first kappa shape index (κ1) is 14.8. The molecule has 1 unspecified atom stereocenters. The third-order valence-electron chi connectivity index (χ3n) is 4.29. The van der Waals surface area contributed by atoms with Gasteiger partial charge in [0.1, 0.15) is 0 Å². The number of methoxy groups -OCH3 is 1. The second kappa shape index (κ2) is 6.75. The molecule has 0 radical (unpaired) electrons. The van der Waals surface area contributed by atoms with Crippen LogP contribution in [0, 0.1) is 0 Å². The van der Waals surface area contributed by atoms with Gasteiger partial charge in [0.05, 0.1) is 6.10 Å². The van der Waals surface area contributed by atoms with Crippen molar-refractivity contribution in [2.24, 2.45) is 0 Å². The molecular weight excluding hydrogens is 274 g/mol. The summed E-state index contributed by atoms with van der Waals surface area (Å²) in [6, 6.07) is 16.0. The minimum absolute atomic E-state index is 0.00303. The van der Waals surface area contributed by atoms with Crippen LogP contribution in [0.15, 0.2) is 48.5 Å². The van der Waals surface area contributed by atoms with Crippen molar-refractivity contribution in [3.05, 3.63) is 70.8 Å². The fourth-order valence-electron chi connectivity index (χ4n) is 3.12. The molecule has 0 fully saturated rings. The third kappa shape index (κ3) is 3.04. The smallest absolute Gasteiger partial charge is 0.251 e. The van der Waals surface area contributed by atoms with Gasteiger partial charge in [-0.3, -0.25) is 4.79 Å². The molecule has 0 saturated heterocycles. The van der Waals surface area contributed by atoms with Crippen molar-refractivity contribution in [2.45, 2.75) is 25.4 Å². The van der Waals surface area contributed by atoms with Crippen molar-refractivity contribution in [3.63, 3.8) is 0 Å². The Kier molecular flexibility index (Phi) is 4.54. The molecule has 0 aromatic heterocycles. The summed E-state index contributed by atoms with van der Waals surface area (Å²) < 4.78 is 5.50. The van der Waals surface area contributed by atoms with E-state index in [1.807, 2.05) is 42.5 Å². The highest BCUT2D eigenvalue weighted by Crippen LogP contribution is 2.25. The van der Waals surface area contributed by atoms with Crippen molar-refractivity contribution >= 4 is 5.91 Å². The summed E-state index contributed by atoms with van der Waals surface area (Å²) in [7, 11) is 1.67. The zero-order valence-electron chi connectivity index (χ0n) is 12.8. The Hall–Kier alpha value is -2.13. The second-order valence-corrected chi connectivity index (χ2v) is 5.64. The number of rotatable bonds is 5. The molecule has 0 heterocycles.